The van der Waals surface area contributed by atoms with E-state index in [1.54, 1.807) is 26.2 Å². The molecule has 0 radical (unpaired) electrons. The Kier molecular flexibility index (Phi) is 5.51. The molecule has 0 bridgehead atoms. The largest absolute Gasteiger partial charge is 0.383 e. The molecule has 2 heterocycles. The molecule has 0 aliphatic rings. The molecule has 0 unspecified atom stereocenters. The molecule has 3 rings (SSSR count). The highest BCUT2D eigenvalue weighted by Crippen LogP contribution is 2.18. The van der Waals surface area contributed by atoms with Crippen molar-refractivity contribution in [1.29, 1.82) is 0 Å². The molecule has 7 heteroatoms. The summed E-state index contributed by atoms with van der Waals surface area (Å²) < 4.78 is 20.3. The van der Waals surface area contributed by atoms with Crippen LogP contribution >= 0.6 is 0 Å². The van der Waals surface area contributed by atoms with Crippen LogP contribution in [-0.4, -0.2) is 34.4 Å². The number of carbonyl (C=O) groups is 1. The molecular formula is C20H23FN4O2. The van der Waals surface area contributed by atoms with Gasteiger partial charge in [-0.15, -0.1) is 0 Å². The zero-order chi connectivity index (χ0) is 19.6. The molecule has 0 atom stereocenters. The topological polar surface area (TPSA) is 69.0 Å². The van der Waals surface area contributed by atoms with Crippen molar-refractivity contribution < 1.29 is 13.9 Å². The summed E-state index contributed by atoms with van der Waals surface area (Å²) >= 11 is 0. The molecule has 142 valence electrons. The van der Waals surface area contributed by atoms with Crippen LogP contribution in [0, 0.1) is 26.6 Å². The Morgan fingerprint density at radius 2 is 2.00 bits per heavy atom. The first-order valence-corrected chi connectivity index (χ1v) is 8.77. The molecule has 3 aromatic rings. The number of pyridine rings is 1. The summed E-state index contributed by atoms with van der Waals surface area (Å²) in [5, 5.41) is 8.18. The van der Waals surface area contributed by atoms with Crippen LogP contribution in [0.5, 0.6) is 0 Å². The van der Waals surface area contributed by atoms with E-state index in [4.69, 9.17) is 4.74 Å². The molecule has 0 saturated heterocycles. The van der Waals surface area contributed by atoms with Crippen LogP contribution < -0.4 is 5.32 Å². The minimum absolute atomic E-state index is 0.213. The van der Waals surface area contributed by atoms with Crippen LogP contribution in [0.1, 0.15) is 33.0 Å². The summed E-state index contributed by atoms with van der Waals surface area (Å²) in [5.41, 5.74) is 4.47. The molecule has 0 spiro atoms. The van der Waals surface area contributed by atoms with E-state index in [1.165, 1.54) is 12.1 Å². The summed E-state index contributed by atoms with van der Waals surface area (Å²) in [6.07, 6.45) is 0. The van der Waals surface area contributed by atoms with E-state index in [0.29, 0.717) is 36.5 Å². The molecule has 27 heavy (non-hydrogen) atoms. The molecular weight excluding hydrogens is 347 g/mol. The van der Waals surface area contributed by atoms with Crippen LogP contribution in [-0.2, 0) is 17.8 Å². The second-order valence-corrected chi connectivity index (χ2v) is 6.51. The number of hydrogen-bond donors (Lipinski definition) is 1. The van der Waals surface area contributed by atoms with Crippen LogP contribution in [0.25, 0.3) is 10.9 Å². The third kappa shape index (κ3) is 3.98. The van der Waals surface area contributed by atoms with Gasteiger partial charge in [-0.25, -0.2) is 4.39 Å². The van der Waals surface area contributed by atoms with E-state index in [0.717, 1.165) is 22.3 Å². The molecule has 1 amide bonds. The summed E-state index contributed by atoms with van der Waals surface area (Å²) in [4.78, 5) is 17.0. The monoisotopic (exact) mass is 370 g/mol. The lowest BCUT2D eigenvalue weighted by Crippen LogP contribution is -2.24. The Hall–Kier alpha value is -2.80. The Balaban J connectivity index is 1.78. The number of carbonyl (C=O) groups excluding carboxylic acids is 1. The zero-order valence-corrected chi connectivity index (χ0v) is 16.0. The lowest BCUT2D eigenvalue weighted by molar-refractivity contribution is 0.0950. The zero-order valence-electron chi connectivity index (χ0n) is 16.0. The molecule has 1 aromatic carbocycles. The van der Waals surface area contributed by atoms with E-state index in [-0.39, 0.29) is 11.7 Å². The summed E-state index contributed by atoms with van der Waals surface area (Å²) in [6, 6.07) is 6.10. The lowest BCUT2D eigenvalue weighted by Gasteiger charge is -2.10. The van der Waals surface area contributed by atoms with E-state index < -0.39 is 0 Å². The molecule has 0 aliphatic carbocycles. The number of hydrogen-bond acceptors (Lipinski definition) is 4. The third-order valence-corrected chi connectivity index (χ3v) is 4.68. The normalized spacial score (nSPS) is 11.1. The number of ether oxygens (including phenoxy) is 1. The fraction of sp³-hybridized carbons (Fsp3) is 0.350. The van der Waals surface area contributed by atoms with Crippen molar-refractivity contribution >= 4 is 16.8 Å². The fourth-order valence-corrected chi connectivity index (χ4v) is 3.12. The van der Waals surface area contributed by atoms with Crippen molar-refractivity contribution in [2.75, 3.05) is 13.7 Å². The summed E-state index contributed by atoms with van der Waals surface area (Å²) in [7, 11) is 1.65. The van der Waals surface area contributed by atoms with Crippen LogP contribution in [0.3, 0.4) is 0 Å². The average molecular weight is 370 g/mol. The molecule has 6 nitrogen and oxygen atoms in total. The second kappa shape index (κ2) is 7.84. The van der Waals surface area contributed by atoms with E-state index in [2.05, 4.69) is 15.4 Å². The highest BCUT2D eigenvalue weighted by atomic mass is 19.1. The van der Waals surface area contributed by atoms with Gasteiger partial charge < -0.3 is 10.1 Å². The second-order valence-electron chi connectivity index (χ2n) is 6.51. The predicted octanol–water partition coefficient (Wildman–Crippen LogP) is 3.07. The van der Waals surface area contributed by atoms with Gasteiger partial charge in [0.25, 0.3) is 5.91 Å². The van der Waals surface area contributed by atoms with Crippen molar-refractivity contribution in [2.24, 2.45) is 0 Å². The van der Waals surface area contributed by atoms with Gasteiger partial charge in [0.1, 0.15) is 5.82 Å². The molecule has 0 fully saturated rings. The number of benzene rings is 1. The van der Waals surface area contributed by atoms with E-state index >= 15 is 0 Å². The fourth-order valence-electron chi connectivity index (χ4n) is 3.12. The van der Waals surface area contributed by atoms with E-state index in [9.17, 15) is 9.18 Å². The van der Waals surface area contributed by atoms with Crippen LogP contribution in [0.2, 0.25) is 0 Å². The maximum atomic E-state index is 13.4. The first-order valence-electron chi connectivity index (χ1n) is 8.77. The number of methoxy groups -OCH3 is 1. The van der Waals surface area contributed by atoms with Gasteiger partial charge in [-0.2, -0.15) is 5.10 Å². The van der Waals surface area contributed by atoms with Gasteiger partial charge >= 0.3 is 0 Å². The Morgan fingerprint density at radius 3 is 2.74 bits per heavy atom. The average Bonchev–Trinajstić information content (AvgIpc) is 2.90. The minimum atomic E-state index is -0.344. The summed E-state index contributed by atoms with van der Waals surface area (Å²) in [5.74, 6) is -0.558. The van der Waals surface area contributed by atoms with Gasteiger partial charge in [0.05, 0.1) is 35.6 Å². The number of halogens is 1. The van der Waals surface area contributed by atoms with Crippen molar-refractivity contribution in [1.82, 2.24) is 20.1 Å². The maximum Gasteiger partial charge on any atom is 0.253 e. The highest BCUT2D eigenvalue weighted by molar-refractivity contribution is 5.98. The predicted molar refractivity (Wildman–Crippen MR) is 101 cm³/mol. The van der Waals surface area contributed by atoms with Gasteiger partial charge in [-0.3, -0.25) is 14.5 Å². The van der Waals surface area contributed by atoms with Gasteiger partial charge in [0.2, 0.25) is 0 Å². The Morgan fingerprint density at radius 1 is 1.22 bits per heavy atom. The molecule has 0 aliphatic heterocycles. The van der Waals surface area contributed by atoms with Gasteiger partial charge in [0, 0.05) is 36.4 Å². The van der Waals surface area contributed by atoms with Gasteiger partial charge in [-0.05, 0) is 39.0 Å². The first-order chi connectivity index (χ1) is 12.9. The quantitative estimate of drug-likeness (QED) is 0.724. The SMILES string of the molecule is COCCn1nc(C)c(CNC(=O)c2cc3ccc(F)cc3nc2C)c1C. The van der Waals surface area contributed by atoms with Crippen molar-refractivity contribution in [3.63, 3.8) is 0 Å². The number of aryl methyl sites for hydroxylation is 2. The minimum Gasteiger partial charge on any atom is -0.383 e. The van der Waals surface area contributed by atoms with Crippen LogP contribution in [0.4, 0.5) is 4.39 Å². The number of nitrogens with one attached hydrogen (secondary N) is 1. The number of rotatable bonds is 6. The number of fused-ring (bicyclic) bond motifs is 1. The van der Waals surface area contributed by atoms with Crippen molar-refractivity contribution in [3.05, 3.63) is 58.3 Å². The van der Waals surface area contributed by atoms with Crippen molar-refractivity contribution in [2.45, 2.75) is 33.9 Å². The molecule has 0 saturated carbocycles. The standard InChI is InChI=1S/C20H23FN4O2/c1-12-17(9-15-5-6-16(21)10-19(15)23-12)20(26)22-11-18-13(2)24-25(14(18)3)7-8-27-4/h5-6,9-10H,7-8,11H2,1-4H3,(H,22,26). The molecule has 1 N–H and O–H groups in total. The number of amides is 1. The van der Waals surface area contributed by atoms with Gasteiger partial charge in [0.15, 0.2) is 0 Å². The van der Waals surface area contributed by atoms with Crippen LogP contribution in [0.15, 0.2) is 24.3 Å². The Bertz CT molecular complexity index is 997. The maximum absolute atomic E-state index is 13.4. The van der Waals surface area contributed by atoms with Crippen molar-refractivity contribution in [3.8, 4) is 0 Å². The van der Waals surface area contributed by atoms with E-state index in [1.807, 2.05) is 18.5 Å². The number of nitrogens with zero attached hydrogens (tertiary/aromatic N) is 3. The first kappa shape index (κ1) is 19.0. The Labute approximate surface area is 157 Å². The smallest absolute Gasteiger partial charge is 0.253 e. The van der Waals surface area contributed by atoms with Gasteiger partial charge in [-0.1, -0.05) is 0 Å². The lowest BCUT2D eigenvalue weighted by atomic mass is 10.1. The number of aromatic nitrogens is 3. The summed E-state index contributed by atoms with van der Waals surface area (Å²) in [6.45, 7) is 7.28. The highest BCUT2D eigenvalue weighted by Gasteiger charge is 2.15. The third-order valence-electron chi connectivity index (χ3n) is 4.68. The molecule has 2 aromatic heterocycles.